The highest BCUT2D eigenvalue weighted by atomic mass is 19.4. The number of ether oxygens (including phenoxy) is 2. The van der Waals surface area contributed by atoms with Crippen molar-refractivity contribution in [3.63, 3.8) is 0 Å². The number of esters is 1. The molecule has 3 aromatic rings. The number of carboxylic acids is 1. The number of amides is 1. The van der Waals surface area contributed by atoms with E-state index in [0.717, 1.165) is 6.07 Å². The molecule has 0 radical (unpaired) electrons. The van der Waals surface area contributed by atoms with Crippen molar-refractivity contribution in [3.05, 3.63) is 94.5 Å². The lowest BCUT2D eigenvalue weighted by molar-refractivity contribution is -0.138. The fourth-order valence-electron chi connectivity index (χ4n) is 4.21. The van der Waals surface area contributed by atoms with Crippen molar-refractivity contribution < 1.29 is 42.1 Å². The zero-order chi connectivity index (χ0) is 26.0. The molecule has 2 N–H and O–H groups in total. The van der Waals surface area contributed by atoms with Crippen molar-refractivity contribution in [2.75, 3.05) is 12.4 Å². The number of aromatic carboxylic acids is 1. The van der Waals surface area contributed by atoms with Crippen molar-refractivity contribution in [3.8, 4) is 5.75 Å². The van der Waals surface area contributed by atoms with Gasteiger partial charge in [-0.3, -0.25) is 4.79 Å². The molecule has 1 aliphatic heterocycles. The van der Waals surface area contributed by atoms with Crippen LogP contribution in [-0.4, -0.2) is 36.2 Å². The van der Waals surface area contributed by atoms with Gasteiger partial charge in [0.1, 0.15) is 5.75 Å². The molecule has 1 heterocycles. The molecule has 0 spiro atoms. The Morgan fingerprint density at radius 1 is 0.972 bits per heavy atom. The van der Waals surface area contributed by atoms with E-state index in [1.54, 1.807) is 24.3 Å². The molecule has 186 valence electrons. The minimum Gasteiger partial charge on any atom is -0.497 e. The first-order valence-corrected chi connectivity index (χ1v) is 10.8. The second-order valence-electron chi connectivity index (χ2n) is 8.08. The highest BCUT2D eigenvalue weighted by Gasteiger charge is 2.41. The van der Waals surface area contributed by atoms with E-state index in [1.807, 2.05) is 0 Å². The zero-order valence-corrected chi connectivity index (χ0v) is 18.8. The highest BCUT2D eigenvalue weighted by Crippen LogP contribution is 2.41. The van der Waals surface area contributed by atoms with Gasteiger partial charge in [0.15, 0.2) is 6.10 Å². The van der Waals surface area contributed by atoms with Crippen LogP contribution in [0.3, 0.4) is 0 Å². The molecule has 0 aliphatic carbocycles. The number of carbonyl (C=O) groups excluding carboxylic acids is 2. The Hall–Kier alpha value is -4.34. The number of methoxy groups -OCH3 is 1. The van der Waals surface area contributed by atoms with Crippen LogP contribution in [-0.2, 0) is 22.1 Å². The Bertz CT molecular complexity index is 1320. The summed E-state index contributed by atoms with van der Waals surface area (Å²) in [4.78, 5) is 37.8. The molecular weight excluding hydrogens is 479 g/mol. The summed E-state index contributed by atoms with van der Waals surface area (Å²) < 4.78 is 52.1. The Morgan fingerprint density at radius 3 is 2.25 bits per heavy atom. The molecule has 4 rings (SSSR count). The Morgan fingerprint density at radius 2 is 1.64 bits per heavy atom. The largest absolute Gasteiger partial charge is 0.497 e. The smallest absolute Gasteiger partial charge is 0.416 e. The first-order chi connectivity index (χ1) is 17.1. The van der Waals surface area contributed by atoms with Crippen molar-refractivity contribution in [1.29, 1.82) is 0 Å². The van der Waals surface area contributed by atoms with Crippen LogP contribution in [0.2, 0.25) is 0 Å². The highest BCUT2D eigenvalue weighted by molar-refractivity contribution is 6.04. The third-order valence-corrected chi connectivity index (χ3v) is 5.94. The van der Waals surface area contributed by atoms with Gasteiger partial charge in [-0.05, 0) is 53.9 Å². The number of anilines is 1. The Labute approximate surface area is 203 Å². The molecule has 7 nitrogen and oxygen atoms in total. The normalized spacial score (nSPS) is 17.4. The lowest BCUT2D eigenvalue weighted by Gasteiger charge is -2.25. The SMILES string of the molecule is COc1ccc(C2Cc3c(cccc3C(F)(F)F)NC(=O)C2OC(=O)c2ccccc2C(=O)O)cc1. The van der Waals surface area contributed by atoms with Gasteiger partial charge in [0.25, 0.3) is 5.91 Å². The summed E-state index contributed by atoms with van der Waals surface area (Å²) >= 11 is 0. The summed E-state index contributed by atoms with van der Waals surface area (Å²) in [6.45, 7) is 0. The summed E-state index contributed by atoms with van der Waals surface area (Å²) in [5, 5.41) is 11.9. The molecule has 0 aromatic heterocycles. The van der Waals surface area contributed by atoms with Crippen LogP contribution in [0.5, 0.6) is 5.75 Å². The molecule has 2 unspecified atom stereocenters. The number of hydrogen-bond donors (Lipinski definition) is 2. The first kappa shape index (κ1) is 24.8. The van der Waals surface area contributed by atoms with Crippen LogP contribution in [0.1, 0.15) is 43.3 Å². The van der Waals surface area contributed by atoms with Crippen LogP contribution in [0.25, 0.3) is 0 Å². The van der Waals surface area contributed by atoms with Crippen LogP contribution >= 0.6 is 0 Å². The predicted molar refractivity (Wildman–Crippen MR) is 122 cm³/mol. The van der Waals surface area contributed by atoms with E-state index in [4.69, 9.17) is 9.47 Å². The number of carboxylic acid groups (broad SMARTS) is 1. The first-order valence-electron chi connectivity index (χ1n) is 10.8. The minimum atomic E-state index is -4.68. The summed E-state index contributed by atoms with van der Waals surface area (Å²) in [6, 6.07) is 15.0. The van der Waals surface area contributed by atoms with Crippen LogP contribution in [0.15, 0.2) is 66.7 Å². The average Bonchev–Trinajstić information content (AvgIpc) is 2.99. The van der Waals surface area contributed by atoms with Gasteiger partial charge in [0.2, 0.25) is 0 Å². The van der Waals surface area contributed by atoms with Gasteiger partial charge < -0.3 is 19.9 Å². The maximum atomic E-state index is 13.8. The standard InChI is InChI=1S/C26H20F3NO6/c1-35-15-11-9-14(10-12-15)18-13-19-20(26(27,28)29)7-4-8-21(19)30-23(31)22(18)36-25(34)17-6-3-2-5-16(17)24(32)33/h2-12,18,22H,13H2,1H3,(H,30,31)(H,32,33). The Kier molecular flexibility index (Phi) is 6.69. The molecule has 0 saturated carbocycles. The number of alkyl halides is 3. The number of benzene rings is 3. The van der Waals surface area contributed by atoms with Gasteiger partial charge in [0, 0.05) is 11.6 Å². The number of rotatable bonds is 5. The molecule has 10 heteroatoms. The van der Waals surface area contributed by atoms with E-state index >= 15 is 0 Å². The molecule has 2 atom stereocenters. The van der Waals surface area contributed by atoms with E-state index in [9.17, 15) is 32.7 Å². The molecule has 0 saturated heterocycles. The van der Waals surface area contributed by atoms with Crippen molar-refractivity contribution in [2.24, 2.45) is 0 Å². The van der Waals surface area contributed by atoms with E-state index in [2.05, 4.69) is 5.32 Å². The van der Waals surface area contributed by atoms with Gasteiger partial charge in [-0.15, -0.1) is 0 Å². The number of carbonyl (C=O) groups is 3. The van der Waals surface area contributed by atoms with Crippen molar-refractivity contribution >= 4 is 23.5 Å². The predicted octanol–water partition coefficient (Wildman–Crippen LogP) is 4.92. The zero-order valence-electron chi connectivity index (χ0n) is 18.8. The molecule has 0 fully saturated rings. The molecular formula is C26H20F3NO6. The molecule has 0 bridgehead atoms. The molecule has 36 heavy (non-hydrogen) atoms. The fourth-order valence-corrected chi connectivity index (χ4v) is 4.21. The summed E-state index contributed by atoms with van der Waals surface area (Å²) in [5.74, 6) is -3.83. The maximum absolute atomic E-state index is 13.8. The van der Waals surface area contributed by atoms with Crippen LogP contribution in [0, 0.1) is 0 Å². The lowest BCUT2D eigenvalue weighted by Crippen LogP contribution is -2.37. The second kappa shape index (κ2) is 9.73. The fraction of sp³-hybridized carbons (Fsp3) is 0.192. The molecule has 3 aromatic carbocycles. The van der Waals surface area contributed by atoms with Gasteiger partial charge in [0.05, 0.1) is 23.8 Å². The Balaban J connectivity index is 1.80. The molecule has 1 aliphatic rings. The quantitative estimate of drug-likeness (QED) is 0.484. The van der Waals surface area contributed by atoms with E-state index < -0.39 is 41.6 Å². The van der Waals surface area contributed by atoms with Gasteiger partial charge >= 0.3 is 18.1 Å². The number of fused-ring (bicyclic) bond motifs is 1. The minimum absolute atomic E-state index is 0.0437. The van der Waals surface area contributed by atoms with Crippen molar-refractivity contribution in [1.82, 2.24) is 0 Å². The third kappa shape index (κ3) is 4.88. The van der Waals surface area contributed by atoms with Gasteiger partial charge in [-0.25, -0.2) is 9.59 Å². The van der Waals surface area contributed by atoms with Gasteiger partial charge in [-0.1, -0.05) is 30.3 Å². The third-order valence-electron chi connectivity index (χ3n) is 5.94. The topological polar surface area (TPSA) is 102 Å². The molecule has 1 amide bonds. The van der Waals surface area contributed by atoms with Crippen LogP contribution < -0.4 is 10.1 Å². The van der Waals surface area contributed by atoms with E-state index in [0.29, 0.717) is 11.3 Å². The maximum Gasteiger partial charge on any atom is 0.416 e. The lowest BCUT2D eigenvalue weighted by atomic mass is 9.86. The van der Waals surface area contributed by atoms with Crippen LogP contribution in [0.4, 0.5) is 18.9 Å². The van der Waals surface area contributed by atoms with Gasteiger partial charge in [-0.2, -0.15) is 13.2 Å². The van der Waals surface area contributed by atoms with Crippen molar-refractivity contribution in [2.45, 2.75) is 24.6 Å². The average molecular weight is 499 g/mol. The number of nitrogens with one attached hydrogen (secondary N) is 1. The van der Waals surface area contributed by atoms with E-state index in [1.165, 1.54) is 43.5 Å². The summed E-state index contributed by atoms with van der Waals surface area (Å²) in [5.41, 5.74) is -1.30. The number of hydrogen-bond acceptors (Lipinski definition) is 5. The monoisotopic (exact) mass is 499 g/mol. The second-order valence-corrected chi connectivity index (χ2v) is 8.08. The number of halogens is 3. The summed E-state index contributed by atoms with van der Waals surface area (Å²) in [6.07, 6.45) is -6.52. The van der Waals surface area contributed by atoms with E-state index in [-0.39, 0.29) is 28.8 Å². The summed E-state index contributed by atoms with van der Waals surface area (Å²) in [7, 11) is 1.45.